The monoisotopic (exact) mass is 352 g/mol. The van der Waals surface area contributed by atoms with Crippen molar-refractivity contribution in [1.82, 2.24) is 5.43 Å². The zero-order chi connectivity index (χ0) is 15.0. The summed E-state index contributed by atoms with van der Waals surface area (Å²) in [6.45, 7) is 0. The van der Waals surface area contributed by atoms with Crippen LogP contribution in [0.5, 0.6) is 0 Å². The molecule has 0 bridgehead atoms. The lowest BCUT2D eigenvalue weighted by Gasteiger charge is -2.15. The number of halogens is 3. The van der Waals surface area contributed by atoms with Crippen LogP contribution < -0.4 is 11.3 Å². The molecule has 0 aliphatic rings. The number of para-hydroxylation sites is 1. The zero-order valence-electron chi connectivity index (χ0n) is 10.7. The molecule has 0 spiro atoms. The largest absolute Gasteiger partial charge is 0.459 e. The van der Waals surface area contributed by atoms with E-state index in [9.17, 15) is 8.78 Å². The van der Waals surface area contributed by atoms with Gasteiger partial charge in [-0.1, -0.05) is 34.1 Å². The van der Waals surface area contributed by atoms with Crippen molar-refractivity contribution in [1.29, 1.82) is 0 Å². The van der Waals surface area contributed by atoms with E-state index in [1.54, 1.807) is 12.1 Å². The molecule has 108 valence electrons. The van der Waals surface area contributed by atoms with Crippen LogP contribution in [-0.2, 0) is 0 Å². The van der Waals surface area contributed by atoms with Gasteiger partial charge in [0.25, 0.3) is 0 Å². The first kappa shape index (κ1) is 14.2. The normalized spacial score (nSPS) is 12.8. The molecule has 6 heteroatoms. The fourth-order valence-corrected chi connectivity index (χ4v) is 2.68. The van der Waals surface area contributed by atoms with Gasteiger partial charge < -0.3 is 4.42 Å². The summed E-state index contributed by atoms with van der Waals surface area (Å²) in [4.78, 5) is 0. The lowest BCUT2D eigenvalue weighted by molar-refractivity contribution is 0.443. The highest BCUT2D eigenvalue weighted by Crippen LogP contribution is 2.32. The molecule has 21 heavy (non-hydrogen) atoms. The molecule has 3 N–H and O–H groups in total. The minimum absolute atomic E-state index is 0.181. The van der Waals surface area contributed by atoms with Crippen molar-refractivity contribution in [3.8, 4) is 0 Å². The van der Waals surface area contributed by atoms with Crippen molar-refractivity contribution in [3.63, 3.8) is 0 Å². The molecule has 3 rings (SSSR count). The van der Waals surface area contributed by atoms with Crippen LogP contribution in [0.4, 0.5) is 8.78 Å². The first-order chi connectivity index (χ1) is 10.1. The average Bonchev–Trinajstić information content (AvgIpc) is 2.85. The molecule has 2 aromatic carbocycles. The van der Waals surface area contributed by atoms with Crippen molar-refractivity contribution in [3.05, 3.63) is 69.9 Å². The number of nitrogens with two attached hydrogens (primary N) is 1. The van der Waals surface area contributed by atoms with Crippen molar-refractivity contribution in [2.75, 3.05) is 0 Å². The number of fused-ring (bicyclic) bond motifs is 1. The van der Waals surface area contributed by atoms with Gasteiger partial charge in [0, 0.05) is 15.4 Å². The predicted molar refractivity (Wildman–Crippen MR) is 79.4 cm³/mol. The van der Waals surface area contributed by atoms with Gasteiger partial charge in [0.1, 0.15) is 29.0 Å². The summed E-state index contributed by atoms with van der Waals surface area (Å²) in [7, 11) is 0. The van der Waals surface area contributed by atoms with Crippen LogP contribution in [0, 0.1) is 11.6 Å². The zero-order valence-corrected chi connectivity index (χ0v) is 12.3. The van der Waals surface area contributed by atoms with Crippen molar-refractivity contribution < 1.29 is 13.2 Å². The Hall–Kier alpha value is -1.76. The van der Waals surface area contributed by atoms with Gasteiger partial charge in [-0.15, -0.1) is 0 Å². The standard InChI is InChI=1S/C15H11BrF2N2O/c16-9-6-10(17)14(11(18)7-9)15(20-19)13-5-8-3-1-2-4-12(8)21-13/h1-7,15,20H,19H2. The molecule has 1 atom stereocenters. The third-order valence-corrected chi connectivity index (χ3v) is 3.69. The molecule has 0 saturated carbocycles. The SMILES string of the molecule is NNC(c1cc2ccccc2o1)c1c(F)cc(Br)cc1F. The molecule has 0 aliphatic heterocycles. The second-order valence-electron chi connectivity index (χ2n) is 4.57. The number of hydrogen-bond donors (Lipinski definition) is 2. The summed E-state index contributed by atoms with van der Waals surface area (Å²) in [6, 6.07) is 10.5. The molecule has 1 heterocycles. The lowest BCUT2D eigenvalue weighted by atomic mass is 10.0. The van der Waals surface area contributed by atoms with E-state index in [4.69, 9.17) is 10.3 Å². The Morgan fingerprint density at radius 1 is 1.10 bits per heavy atom. The fraction of sp³-hybridized carbons (Fsp3) is 0.0667. The minimum atomic E-state index is -0.912. The number of benzene rings is 2. The summed E-state index contributed by atoms with van der Waals surface area (Å²) in [5, 5.41) is 0.839. The van der Waals surface area contributed by atoms with E-state index in [0.29, 0.717) is 15.8 Å². The maximum Gasteiger partial charge on any atom is 0.134 e. The third-order valence-electron chi connectivity index (χ3n) is 3.23. The third kappa shape index (κ3) is 2.57. The van der Waals surface area contributed by atoms with Crippen LogP contribution in [0.1, 0.15) is 17.4 Å². The Morgan fingerprint density at radius 2 is 1.76 bits per heavy atom. The van der Waals surface area contributed by atoms with Crippen LogP contribution in [0.3, 0.4) is 0 Å². The Morgan fingerprint density at radius 3 is 2.38 bits per heavy atom. The van der Waals surface area contributed by atoms with Gasteiger partial charge >= 0.3 is 0 Å². The summed E-state index contributed by atoms with van der Waals surface area (Å²) in [5.41, 5.74) is 2.86. The maximum atomic E-state index is 14.1. The van der Waals surface area contributed by atoms with Gasteiger partial charge in [0.05, 0.1) is 0 Å². The summed E-state index contributed by atoms with van der Waals surface area (Å²) in [6.07, 6.45) is 0. The number of nitrogens with one attached hydrogen (secondary N) is 1. The smallest absolute Gasteiger partial charge is 0.134 e. The molecule has 1 unspecified atom stereocenters. The number of furan rings is 1. The Labute approximate surface area is 127 Å². The summed E-state index contributed by atoms with van der Waals surface area (Å²) < 4.78 is 34.1. The molecule has 0 radical (unpaired) electrons. The van der Waals surface area contributed by atoms with Crippen molar-refractivity contribution in [2.24, 2.45) is 5.84 Å². The highest BCUT2D eigenvalue weighted by molar-refractivity contribution is 9.10. The van der Waals surface area contributed by atoms with E-state index in [1.807, 2.05) is 18.2 Å². The Kier molecular flexibility index (Phi) is 3.75. The number of hydrogen-bond acceptors (Lipinski definition) is 3. The first-order valence-electron chi connectivity index (χ1n) is 6.19. The Bertz CT molecular complexity index is 747. The van der Waals surface area contributed by atoms with Gasteiger partial charge in [-0.3, -0.25) is 5.84 Å². The van der Waals surface area contributed by atoms with Gasteiger partial charge in [-0.25, -0.2) is 14.2 Å². The molecule has 3 nitrogen and oxygen atoms in total. The highest BCUT2D eigenvalue weighted by atomic mass is 79.9. The highest BCUT2D eigenvalue weighted by Gasteiger charge is 2.24. The minimum Gasteiger partial charge on any atom is -0.459 e. The second kappa shape index (κ2) is 5.55. The van der Waals surface area contributed by atoms with Gasteiger partial charge in [0.15, 0.2) is 0 Å². The maximum absolute atomic E-state index is 14.1. The van der Waals surface area contributed by atoms with Crippen LogP contribution in [0.2, 0.25) is 0 Å². The first-order valence-corrected chi connectivity index (χ1v) is 6.98. The van der Waals surface area contributed by atoms with Crippen LogP contribution in [0.25, 0.3) is 11.0 Å². The van der Waals surface area contributed by atoms with Crippen molar-refractivity contribution in [2.45, 2.75) is 6.04 Å². The molecular formula is C15H11BrF2N2O. The summed E-state index contributed by atoms with van der Waals surface area (Å²) >= 11 is 3.05. The van der Waals surface area contributed by atoms with E-state index < -0.39 is 17.7 Å². The second-order valence-corrected chi connectivity index (χ2v) is 5.49. The fourth-order valence-electron chi connectivity index (χ4n) is 2.28. The average molecular weight is 353 g/mol. The Balaban J connectivity index is 2.14. The van der Waals surface area contributed by atoms with Crippen molar-refractivity contribution >= 4 is 26.9 Å². The lowest BCUT2D eigenvalue weighted by Crippen LogP contribution is -2.30. The van der Waals surface area contributed by atoms with E-state index in [2.05, 4.69) is 21.4 Å². The number of hydrazine groups is 1. The molecular weight excluding hydrogens is 342 g/mol. The van der Waals surface area contributed by atoms with Crippen LogP contribution >= 0.6 is 15.9 Å². The van der Waals surface area contributed by atoms with Crippen LogP contribution in [0.15, 0.2) is 51.4 Å². The topological polar surface area (TPSA) is 51.2 Å². The van der Waals surface area contributed by atoms with Gasteiger partial charge in [-0.2, -0.15) is 0 Å². The molecule has 0 fully saturated rings. The molecule has 3 aromatic rings. The molecule has 1 aromatic heterocycles. The van der Waals surface area contributed by atoms with E-state index in [1.165, 1.54) is 12.1 Å². The summed E-state index contributed by atoms with van der Waals surface area (Å²) in [5.74, 6) is 4.42. The molecule has 0 aliphatic carbocycles. The quantitative estimate of drug-likeness (QED) is 0.552. The molecule has 0 amide bonds. The van der Waals surface area contributed by atoms with Gasteiger partial charge in [0.2, 0.25) is 0 Å². The van der Waals surface area contributed by atoms with E-state index in [0.717, 1.165) is 5.39 Å². The van der Waals surface area contributed by atoms with E-state index in [-0.39, 0.29) is 5.56 Å². The predicted octanol–water partition coefficient (Wildman–Crippen LogP) is 4.03. The van der Waals surface area contributed by atoms with Crippen LogP contribution in [-0.4, -0.2) is 0 Å². The molecule has 0 saturated heterocycles. The van der Waals surface area contributed by atoms with Gasteiger partial charge in [-0.05, 0) is 24.3 Å². The van der Waals surface area contributed by atoms with E-state index >= 15 is 0 Å². The number of rotatable bonds is 3.